The van der Waals surface area contributed by atoms with Crippen molar-refractivity contribution in [2.45, 2.75) is 98.5 Å². The average Bonchev–Trinajstić information content (AvgIpc) is 2.45. The summed E-state index contributed by atoms with van der Waals surface area (Å²) in [6, 6.07) is 0. The van der Waals surface area contributed by atoms with E-state index in [0.717, 1.165) is 17.8 Å². The second-order valence-electron chi connectivity index (χ2n) is 7.14. The summed E-state index contributed by atoms with van der Waals surface area (Å²) in [5.74, 6) is 2.91. The third-order valence-corrected chi connectivity index (χ3v) is 4.67. The van der Waals surface area contributed by atoms with Crippen molar-refractivity contribution in [3.8, 4) is 0 Å². The molecule has 0 N–H and O–H groups in total. The highest BCUT2D eigenvalue weighted by Crippen LogP contribution is 2.32. The Balaban J connectivity index is 0.00000110. The van der Waals surface area contributed by atoms with E-state index in [1.54, 1.807) is 0 Å². The van der Waals surface area contributed by atoms with Crippen molar-refractivity contribution in [2.24, 2.45) is 17.8 Å². The zero-order valence-electron chi connectivity index (χ0n) is 15.1. The Morgan fingerprint density at radius 3 is 2.00 bits per heavy atom. The summed E-state index contributed by atoms with van der Waals surface area (Å²) >= 11 is 0. The van der Waals surface area contributed by atoms with Gasteiger partial charge in [0.25, 0.3) is 0 Å². The van der Waals surface area contributed by atoms with Crippen LogP contribution in [0, 0.1) is 17.8 Å². The van der Waals surface area contributed by atoms with Crippen LogP contribution < -0.4 is 0 Å². The van der Waals surface area contributed by atoms with Gasteiger partial charge in [0, 0.05) is 7.11 Å². The quantitative estimate of drug-likeness (QED) is 0.521. The largest absolute Gasteiger partial charge is 0.382 e. The number of hydrogen-bond donors (Lipinski definition) is 0. The normalized spacial score (nSPS) is 25.5. The SMILES string of the molecule is CCC.COC(C)CCC(C)CCC1CCC(C)CC1. The molecule has 1 aliphatic carbocycles. The highest BCUT2D eigenvalue weighted by atomic mass is 16.5. The van der Waals surface area contributed by atoms with Gasteiger partial charge in [0.1, 0.15) is 0 Å². The summed E-state index contributed by atoms with van der Waals surface area (Å²) in [5, 5.41) is 0. The van der Waals surface area contributed by atoms with Crippen LogP contribution in [0.4, 0.5) is 0 Å². The van der Waals surface area contributed by atoms with Gasteiger partial charge in [-0.3, -0.25) is 0 Å². The molecule has 0 aromatic heterocycles. The summed E-state index contributed by atoms with van der Waals surface area (Å²) in [6.45, 7) is 11.2. The fourth-order valence-corrected chi connectivity index (χ4v) is 2.92. The Kier molecular flexibility index (Phi) is 12.7. The molecule has 0 amide bonds. The smallest absolute Gasteiger partial charge is 0.0543 e. The van der Waals surface area contributed by atoms with Gasteiger partial charge < -0.3 is 4.74 Å². The van der Waals surface area contributed by atoms with Crippen LogP contribution in [-0.2, 0) is 4.74 Å². The van der Waals surface area contributed by atoms with E-state index in [9.17, 15) is 0 Å². The molecule has 1 nitrogen and oxygen atoms in total. The lowest BCUT2D eigenvalue weighted by Crippen LogP contribution is -2.13. The number of hydrogen-bond acceptors (Lipinski definition) is 1. The van der Waals surface area contributed by atoms with Gasteiger partial charge in [0.15, 0.2) is 0 Å². The second-order valence-corrected chi connectivity index (χ2v) is 7.14. The second kappa shape index (κ2) is 12.7. The fraction of sp³-hybridized carbons (Fsp3) is 1.00. The highest BCUT2D eigenvalue weighted by molar-refractivity contribution is 4.71. The van der Waals surface area contributed by atoms with Crippen molar-refractivity contribution in [3.05, 3.63) is 0 Å². The van der Waals surface area contributed by atoms with E-state index in [-0.39, 0.29) is 0 Å². The van der Waals surface area contributed by atoms with Gasteiger partial charge in [-0.2, -0.15) is 0 Å². The highest BCUT2D eigenvalue weighted by Gasteiger charge is 2.18. The van der Waals surface area contributed by atoms with Crippen LogP contribution in [0.1, 0.15) is 92.4 Å². The van der Waals surface area contributed by atoms with Gasteiger partial charge in [-0.1, -0.05) is 72.6 Å². The van der Waals surface area contributed by atoms with Gasteiger partial charge in [-0.15, -0.1) is 0 Å². The third kappa shape index (κ3) is 10.7. The van der Waals surface area contributed by atoms with Crippen LogP contribution in [0.2, 0.25) is 0 Å². The lowest BCUT2D eigenvalue weighted by Gasteiger charge is -2.27. The van der Waals surface area contributed by atoms with Crippen molar-refractivity contribution in [3.63, 3.8) is 0 Å². The van der Waals surface area contributed by atoms with Gasteiger partial charge in [0.2, 0.25) is 0 Å². The monoisotopic (exact) mass is 284 g/mol. The summed E-state index contributed by atoms with van der Waals surface area (Å²) in [4.78, 5) is 0. The van der Waals surface area contributed by atoms with Gasteiger partial charge in [-0.25, -0.2) is 0 Å². The topological polar surface area (TPSA) is 9.23 Å². The van der Waals surface area contributed by atoms with E-state index in [0.29, 0.717) is 6.10 Å². The first-order chi connectivity index (χ1) is 9.53. The molecule has 0 aromatic carbocycles. The van der Waals surface area contributed by atoms with Crippen molar-refractivity contribution < 1.29 is 4.74 Å². The van der Waals surface area contributed by atoms with Crippen LogP contribution in [0.25, 0.3) is 0 Å². The molecule has 2 unspecified atom stereocenters. The molecule has 0 radical (unpaired) electrons. The van der Waals surface area contributed by atoms with Crippen LogP contribution in [0.3, 0.4) is 0 Å². The molecule has 1 fully saturated rings. The van der Waals surface area contributed by atoms with Gasteiger partial charge in [0.05, 0.1) is 6.10 Å². The molecule has 0 aliphatic heterocycles. The molecule has 1 heteroatoms. The predicted octanol–water partition coefficient (Wildman–Crippen LogP) is 6.46. The van der Waals surface area contributed by atoms with Gasteiger partial charge >= 0.3 is 0 Å². The minimum Gasteiger partial charge on any atom is -0.382 e. The van der Waals surface area contributed by atoms with Crippen LogP contribution in [-0.4, -0.2) is 13.2 Å². The van der Waals surface area contributed by atoms with E-state index in [1.165, 1.54) is 57.8 Å². The van der Waals surface area contributed by atoms with Crippen molar-refractivity contribution in [1.29, 1.82) is 0 Å². The van der Waals surface area contributed by atoms with Gasteiger partial charge in [-0.05, 0) is 37.5 Å². The minimum absolute atomic E-state index is 0.438. The minimum atomic E-state index is 0.438. The maximum Gasteiger partial charge on any atom is 0.0543 e. The van der Waals surface area contributed by atoms with Crippen molar-refractivity contribution >= 4 is 0 Å². The standard InChI is InChI=1S/C16H32O.C3H8/c1-13(5-9-15(3)17-4)6-10-16-11-7-14(2)8-12-16;1-3-2/h13-16H,5-12H2,1-4H3;3H2,1-2H3. The maximum atomic E-state index is 5.31. The molecule has 0 bridgehead atoms. The number of methoxy groups -OCH3 is 1. The summed E-state index contributed by atoms with van der Waals surface area (Å²) in [5.41, 5.74) is 0. The third-order valence-electron chi connectivity index (χ3n) is 4.67. The molecule has 1 saturated carbocycles. The van der Waals surface area contributed by atoms with Crippen LogP contribution in [0.5, 0.6) is 0 Å². The first-order valence-corrected chi connectivity index (χ1v) is 9.06. The Hall–Kier alpha value is -0.0400. The molecular weight excluding hydrogens is 244 g/mol. The van der Waals surface area contributed by atoms with E-state index in [2.05, 4.69) is 34.6 Å². The first-order valence-electron chi connectivity index (χ1n) is 9.06. The molecule has 0 spiro atoms. The molecule has 2 atom stereocenters. The Labute approximate surface area is 128 Å². The molecule has 122 valence electrons. The number of ether oxygens (including phenoxy) is 1. The van der Waals surface area contributed by atoms with E-state index in [4.69, 9.17) is 4.74 Å². The molecule has 0 aromatic rings. The van der Waals surface area contributed by atoms with Crippen LogP contribution in [0.15, 0.2) is 0 Å². The summed E-state index contributed by atoms with van der Waals surface area (Å²) in [7, 11) is 1.82. The molecule has 1 aliphatic rings. The molecule has 0 heterocycles. The zero-order chi connectivity index (χ0) is 15.4. The Bertz CT molecular complexity index is 194. The predicted molar refractivity (Wildman–Crippen MR) is 91.2 cm³/mol. The molecule has 1 rings (SSSR count). The fourth-order valence-electron chi connectivity index (χ4n) is 2.92. The van der Waals surface area contributed by atoms with Crippen LogP contribution >= 0.6 is 0 Å². The van der Waals surface area contributed by atoms with Crippen molar-refractivity contribution in [1.82, 2.24) is 0 Å². The van der Waals surface area contributed by atoms with Crippen molar-refractivity contribution in [2.75, 3.05) is 7.11 Å². The molecule has 20 heavy (non-hydrogen) atoms. The van der Waals surface area contributed by atoms with E-state index >= 15 is 0 Å². The number of rotatable bonds is 7. The first kappa shape index (κ1) is 20.0. The van der Waals surface area contributed by atoms with E-state index < -0.39 is 0 Å². The lowest BCUT2D eigenvalue weighted by molar-refractivity contribution is 0.104. The maximum absolute atomic E-state index is 5.31. The average molecular weight is 285 g/mol. The van der Waals surface area contributed by atoms with E-state index in [1.807, 2.05) is 7.11 Å². The summed E-state index contributed by atoms with van der Waals surface area (Å²) < 4.78 is 5.31. The molecule has 0 saturated heterocycles. The Morgan fingerprint density at radius 2 is 1.50 bits per heavy atom. The zero-order valence-corrected chi connectivity index (χ0v) is 15.1. The Morgan fingerprint density at radius 1 is 0.950 bits per heavy atom. The lowest BCUT2D eigenvalue weighted by atomic mass is 9.79. The summed E-state index contributed by atoms with van der Waals surface area (Å²) in [6.07, 6.45) is 13.1. The molecular formula is C19H40O.